The SMILES string of the molecule is O[C@@]1(Cc2ccccc2)CCC[C@@H]1Cn1ccnc1. The molecule has 0 spiro atoms. The lowest BCUT2D eigenvalue weighted by molar-refractivity contribution is -0.00348. The Hall–Kier alpha value is -1.61. The summed E-state index contributed by atoms with van der Waals surface area (Å²) in [7, 11) is 0. The molecule has 1 saturated carbocycles. The molecular formula is C16H20N2O. The van der Waals surface area contributed by atoms with E-state index in [2.05, 4.69) is 21.7 Å². The van der Waals surface area contributed by atoms with Crippen LogP contribution in [0.15, 0.2) is 49.1 Å². The second-order valence-electron chi connectivity index (χ2n) is 5.61. The molecular weight excluding hydrogens is 236 g/mol. The van der Waals surface area contributed by atoms with E-state index in [1.165, 1.54) is 5.56 Å². The Labute approximate surface area is 113 Å². The third kappa shape index (κ3) is 2.71. The lowest BCUT2D eigenvalue weighted by Gasteiger charge is -2.30. The van der Waals surface area contributed by atoms with Gasteiger partial charge in [-0.1, -0.05) is 36.8 Å². The summed E-state index contributed by atoms with van der Waals surface area (Å²) in [4.78, 5) is 4.08. The van der Waals surface area contributed by atoms with E-state index in [0.717, 1.165) is 32.2 Å². The standard InChI is InChI=1S/C16H20N2O/c19-16(11-14-5-2-1-3-6-14)8-4-7-15(16)12-18-10-9-17-13-18/h1-3,5-6,9-10,13,15,19H,4,7-8,11-12H2/t15-,16-/m1/s1. The molecule has 0 amide bonds. The van der Waals surface area contributed by atoms with Gasteiger partial charge in [-0.15, -0.1) is 0 Å². The number of nitrogens with zero attached hydrogens (tertiary/aromatic N) is 2. The van der Waals surface area contributed by atoms with Gasteiger partial charge in [0.2, 0.25) is 0 Å². The molecule has 3 rings (SSSR count). The van der Waals surface area contributed by atoms with Gasteiger partial charge in [0.15, 0.2) is 0 Å². The molecule has 100 valence electrons. The van der Waals surface area contributed by atoms with E-state index >= 15 is 0 Å². The highest BCUT2D eigenvalue weighted by atomic mass is 16.3. The zero-order chi connectivity index (χ0) is 13.1. The van der Waals surface area contributed by atoms with Crippen molar-refractivity contribution in [2.45, 2.75) is 37.8 Å². The predicted molar refractivity (Wildman–Crippen MR) is 74.7 cm³/mol. The average molecular weight is 256 g/mol. The van der Waals surface area contributed by atoms with Gasteiger partial charge in [0.1, 0.15) is 0 Å². The molecule has 0 bridgehead atoms. The van der Waals surface area contributed by atoms with Crippen molar-refractivity contribution in [3.8, 4) is 0 Å². The molecule has 1 aliphatic carbocycles. The van der Waals surface area contributed by atoms with Gasteiger partial charge in [0.05, 0.1) is 11.9 Å². The third-order valence-electron chi connectivity index (χ3n) is 4.27. The first-order valence-corrected chi connectivity index (χ1v) is 6.98. The maximum atomic E-state index is 11.0. The van der Waals surface area contributed by atoms with Gasteiger partial charge in [0.25, 0.3) is 0 Å². The molecule has 0 saturated heterocycles. The maximum Gasteiger partial charge on any atom is 0.0946 e. The molecule has 1 N–H and O–H groups in total. The molecule has 1 fully saturated rings. The van der Waals surface area contributed by atoms with E-state index in [-0.39, 0.29) is 0 Å². The topological polar surface area (TPSA) is 38.0 Å². The van der Waals surface area contributed by atoms with Crippen molar-refractivity contribution in [3.05, 3.63) is 54.6 Å². The van der Waals surface area contributed by atoms with Crippen molar-refractivity contribution in [3.63, 3.8) is 0 Å². The Morgan fingerprint density at radius 2 is 2.16 bits per heavy atom. The van der Waals surface area contributed by atoms with Crippen molar-refractivity contribution < 1.29 is 5.11 Å². The van der Waals surface area contributed by atoms with Crippen LogP contribution < -0.4 is 0 Å². The molecule has 2 aromatic rings. The van der Waals surface area contributed by atoms with Crippen LogP contribution in [0.4, 0.5) is 0 Å². The van der Waals surface area contributed by atoms with Gasteiger partial charge in [-0.25, -0.2) is 4.98 Å². The number of hydrogen-bond acceptors (Lipinski definition) is 2. The smallest absolute Gasteiger partial charge is 0.0946 e. The lowest BCUT2D eigenvalue weighted by Crippen LogP contribution is -2.37. The highest BCUT2D eigenvalue weighted by Crippen LogP contribution is 2.39. The molecule has 1 heterocycles. The van der Waals surface area contributed by atoms with Gasteiger partial charge < -0.3 is 9.67 Å². The zero-order valence-corrected chi connectivity index (χ0v) is 11.1. The van der Waals surface area contributed by atoms with Gasteiger partial charge in [0, 0.05) is 31.3 Å². The highest BCUT2D eigenvalue weighted by molar-refractivity contribution is 5.18. The fourth-order valence-electron chi connectivity index (χ4n) is 3.22. The summed E-state index contributed by atoms with van der Waals surface area (Å²) in [5, 5.41) is 11.0. The number of aromatic nitrogens is 2. The third-order valence-corrected chi connectivity index (χ3v) is 4.27. The van der Waals surface area contributed by atoms with Crippen LogP contribution >= 0.6 is 0 Å². The lowest BCUT2D eigenvalue weighted by atomic mass is 9.84. The molecule has 1 aromatic carbocycles. The van der Waals surface area contributed by atoms with Crippen molar-refractivity contribution >= 4 is 0 Å². The minimum absolute atomic E-state index is 0.321. The summed E-state index contributed by atoms with van der Waals surface area (Å²) >= 11 is 0. The summed E-state index contributed by atoms with van der Waals surface area (Å²) in [6.45, 7) is 0.864. The van der Waals surface area contributed by atoms with Gasteiger partial charge in [-0.2, -0.15) is 0 Å². The minimum Gasteiger partial charge on any atom is -0.389 e. The predicted octanol–water partition coefficient (Wildman–Crippen LogP) is 2.66. The number of aliphatic hydroxyl groups is 1. The van der Waals surface area contributed by atoms with Crippen LogP contribution in [0.25, 0.3) is 0 Å². The second kappa shape index (κ2) is 5.17. The quantitative estimate of drug-likeness (QED) is 0.913. The molecule has 19 heavy (non-hydrogen) atoms. The van der Waals surface area contributed by atoms with Crippen molar-refractivity contribution in [1.29, 1.82) is 0 Å². The number of hydrogen-bond donors (Lipinski definition) is 1. The molecule has 2 atom stereocenters. The number of imidazole rings is 1. The largest absolute Gasteiger partial charge is 0.389 e. The van der Waals surface area contributed by atoms with Crippen LogP contribution in [-0.4, -0.2) is 20.3 Å². The molecule has 0 unspecified atom stereocenters. The molecule has 3 nitrogen and oxygen atoms in total. The van der Waals surface area contributed by atoms with Crippen LogP contribution in [0.5, 0.6) is 0 Å². The van der Waals surface area contributed by atoms with E-state index in [0.29, 0.717) is 5.92 Å². The highest BCUT2D eigenvalue weighted by Gasteiger charge is 2.40. The Morgan fingerprint density at radius 1 is 1.32 bits per heavy atom. The summed E-state index contributed by atoms with van der Waals surface area (Å²) in [5.74, 6) is 0.321. The molecule has 1 aromatic heterocycles. The van der Waals surface area contributed by atoms with Crippen LogP contribution in [0.3, 0.4) is 0 Å². The van der Waals surface area contributed by atoms with Crippen LogP contribution in [0.1, 0.15) is 24.8 Å². The fraction of sp³-hybridized carbons (Fsp3) is 0.438. The first-order valence-electron chi connectivity index (χ1n) is 6.98. The molecule has 3 heteroatoms. The van der Waals surface area contributed by atoms with E-state index in [1.54, 1.807) is 6.20 Å². The number of rotatable bonds is 4. The van der Waals surface area contributed by atoms with Crippen molar-refractivity contribution in [1.82, 2.24) is 9.55 Å². The Kier molecular flexibility index (Phi) is 3.38. The van der Waals surface area contributed by atoms with E-state index in [4.69, 9.17) is 0 Å². The van der Waals surface area contributed by atoms with Gasteiger partial charge in [-0.3, -0.25) is 0 Å². The fourth-order valence-corrected chi connectivity index (χ4v) is 3.22. The summed E-state index contributed by atoms with van der Waals surface area (Å²) < 4.78 is 2.08. The molecule has 1 aliphatic rings. The van der Waals surface area contributed by atoms with Crippen LogP contribution in [0.2, 0.25) is 0 Å². The summed E-state index contributed by atoms with van der Waals surface area (Å²) in [6.07, 6.45) is 9.48. The van der Waals surface area contributed by atoms with Crippen molar-refractivity contribution in [2.24, 2.45) is 5.92 Å². The van der Waals surface area contributed by atoms with Crippen LogP contribution in [0, 0.1) is 5.92 Å². The van der Waals surface area contributed by atoms with E-state index < -0.39 is 5.60 Å². The van der Waals surface area contributed by atoms with Crippen molar-refractivity contribution in [2.75, 3.05) is 0 Å². The molecule has 0 radical (unpaired) electrons. The first-order chi connectivity index (χ1) is 9.26. The number of benzene rings is 1. The van der Waals surface area contributed by atoms with Gasteiger partial charge in [-0.05, 0) is 18.4 Å². The van der Waals surface area contributed by atoms with Crippen LogP contribution in [-0.2, 0) is 13.0 Å². The zero-order valence-electron chi connectivity index (χ0n) is 11.1. The first kappa shape index (κ1) is 12.4. The van der Waals surface area contributed by atoms with E-state index in [9.17, 15) is 5.11 Å². The Bertz CT molecular complexity index is 509. The average Bonchev–Trinajstić information content (AvgIpc) is 3.03. The summed E-state index contributed by atoms with van der Waals surface area (Å²) in [5.41, 5.74) is 0.661. The second-order valence-corrected chi connectivity index (χ2v) is 5.61. The monoisotopic (exact) mass is 256 g/mol. The molecule has 0 aliphatic heterocycles. The summed E-state index contributed by atoms with van der Waals surface area (Å²) in [6, 6.07) is 10.3. The minimum atomic E-state index is -0.564. The Balaban J connectivity index is 1.74. The normalized spacial score (nSPS) is 26.7. The van der Waals surface area contributed by atoms with E-state index in [1.807, 2.05) is 30.7 Å². The maximum absolute atomic E-state index is 11.0. The Morgan fingerprint density at radius 3 is 2.89 bits per heavy atom. The van der Waals surface area contributed by atoms with Gasteiger partial charge >= 0.3 is 0 Å².